The molecule has 1 N–H and O–H groups in total. The Morgan fingerprint density at radius 3 is 2.70 bits per heavy atom. The van der Waals surface area contributed by atoms with Crippen LogP contribution in [0.3, 0.4) is 0 Å². The SMILES string of the molecule is CCc1c(N(CC)C2CCOCC2)cc2occc2c1C(=O)O. The highest BCUT2D eigenvalue weighted by molar-refractivity contribution is 6.06. The molecule has 23 heavy (non-hydrogen) atoms. The van der Waals surface area contributed by atoms with Crippen LogP contribution in [0.25, 0.3) is 11.0 Å². The second-order valence-corrected chi connectivity index (χ2v) is 5.87. The first kappa shape index (κ1) is 15.9. The van der Waals surface area contributed by atoms with E-state index >= 15 is 0 Å². The first-order valence-corrected chi connectivity index (χ1v) is 8.28. The third-order valence-electron chi connectivity index (χ3n) is 4.69. The third kappa shape index (κ3) is 2.81. The molecule has 0 amide bonds. The lowest BCUT2D eigenvalue weighted by atomic mass is 9.96. The summed E-state index contributed by atoms with van der Waals surface area (Å²) in [5.41, 5.74) is 2.89. The van der Waals surface area contributed by atoms with Crippen LogP contribution in [0.1, 0.15) is 42.6 Å². The number of hydrogen-bond donors (Lipinski definition) is 1. The highest BCUT2D eigenvalue weighted by Crippen LogP contribution is 2.35. The number of anilines is 1. The molecule has 0 aliphatic carbocycles. The third-order valence-corrected chi connectivity index (χ3v) is 4.69. The van der Waals surface area contributed by atoms with Crippen molar-refractivity contribution in [3.63, 3.8) is 0 Å². The van der Waals surface area contributed by atoms with E-state index < -0.39 is 5.97 Å². The summed E-state index contributed by atoms with van der Waals surface area (Å²) in [6, 6.07) is 4.12. The van der Waals surface area contributed by atoms with Gasteiger partial charge in [0, 0.05) is 42.9 Å². The van der Waals surface area contributed by atoms with E-state index in [-0.39, 0.29) is 0 Å². The van der Waals surface area contributed by atoms with Crippen molar-refractivity contribution in [2.45, 2.75) is 39.2 Å². The Kier molecular flexibility index (Phi) is 4.57. The molecule has 1 aromatic carbocycles. The number of ether oxygens (including phenoxy) is 1. The fourth-order valence-corrected chi connectivity index (χ4v) is 3.62. The van der Waals surface area contributed by atoms with Crippen molar-refractivity contribution in [2.24, 2.45) is 0 Å². The fourth-order valence-electron chi connectivity index (χ4n) is 3.62. The Labute approximate surface area is 135 Å². The van der Waals surface area contributed by atoms with E-state index in [1.807, 2.05) is 13.0 Å². The van der Waals surface area contributed by atoms with Crippen LogP contribution in [-0.4, -0.2) is 36.9 Å². The summed E-state index contributed by atoms with van der Waals surface area (Å²) in [5, 5.41) is 10.4. The van der Waals surface area contributed by atoms with Crippen LogP contribution in [-0.2, 0) is 11.2 Å². The Hall–Kier alpha value is -2.01. The topological polar surface area (TPSA) is 62.9 Å². The number of nitrogens with zero attached hydrogens (tertiary/aromatic N) is 1. The molecule has 0 saturated carbocycles. The molecule has 0 spiro atoms. The molecule has 2 aromatic rings. The van der Waals surface area contributed by atoms with E-state index in [0.29, 0.717) is 29.0 Å². The van der Waals surface area contributed by atoms with Crippen molar-refractivity contribution < 1.29 is 19.1 Å². The smallest absolute Gasteiger partial charge is 0.336 e. The zero-order valence-corrected chi connectivity index (χ0v) is 13.7. The highest BCUT2D eigenvalue weighted by Gasteiger charge is 2.26. The van der Waals surface area contributed by atoms with Gasteiger partial charge in [-0.3, -0.25) is 0 Å². The molecule has 1 fully saturated rings. The maximum atomic E-state index is 11.9. The van der Waals surface area contributed by atoms with Gasteiger partial charge in [0.25, 0.3) is 0 Å². The van der Waals surface area contributed by atoms with Crippen LogP contribution in [0, 0.1) is 0 Å². The summed E-state index contributed by atoms with van der Waals surface area (Å²) in [7, 11) is 0. The van der Waals surface area contributed by atoms with Crippen LogP contribution >= 0.6 is 0 Å². The van der Waals surface area contributed by atoms with Crippen molar-refractivity contribution in [1.29, 1.82) is 0 Å². The number of hydrogen-bond acceptors (Lipinski definition) is 4. The minimum atomic E-state index is -0.891. The summed E-state index contributed by atoms with van der Waals surface area (Å²) in [5.74, 6) is -0.891. The molecule has 1 aliphatic rings. The van der Waals surface area contributed by atoms with Crippen LogP contribution < -0.4 is 4.90 Å². The van der Waals surface area contributed by atoms with Crippen molar-refractivity contribution in [2.75, 3.05) is 24.7 Å². The number of rotatable bonds is 5. The van der Waals surface area contributed by atoms with Crippen LogP contribution in [0.5, 0.6) is 0 Å². The summed E-state index contributed by atoms with van der Waals surface area (Å²) in [6.07, 6.45) is 4.17. The van der Waals surface area contributed by atoms with Crippen LogP contribution in [0.15, 0.2) is 22.8 Å². The van der Waals surface area contributed by atoms with E-state index in [1.54, 1.807) is 12.3 Å². The van der Waals surface area contributed by atoms with Gasteiger partial charge >= 0.3 is 5.97 Å². The summed E-state index contributed by atoms with van der Waals surface area (Å²) >= 11 is 0. The van der Waals surface area contributed by atoms with Crippen molar-refractivity contribution >= 4 is 22.6 Å². The lowest BCUT2D eigenvalue weighted by Gasteiger charge is -2.36. The monoisotopic (exact) mass is 317 g/mol. The van der Waals surface area contributed by atoms with Gasteiger partial charge in [0.1, 0.15) is 5.58 Å². The number of aromatic carboxylic acids is 1. The normalized spacial score (nSPS) is 15.9. The number of benzene rings is 1. The molecular formula is C18H23NO4. The lowest BCUT2D eigenvalue weighted by Crippen LogP contribution is -2.40. The second kappa shape index (κ2) is 6.62. The molecule has 2 heterocycles. The van der Waals surface area contributed by atoms with E-state index in [4.69, 9.17) is 9.15 Å². The summed E-state index contributed by atoms with van der Waals surface area (Å²) in [4.78, 5) is 14.2. The zero-order valence-electron chi connectivity index (χ0n) is 13.7. The molecule has 5 nitrogen and oxygen atoms in total. The lowest BCUT2D eigenvalue weighted by molar-refractivity contribution is 0.0697. The fraction of sp³-hybridized carbons (Fsp3) is 0.500. The van der Waals surface area contributed by atoms with Gasteiger partial charge in [-0.25, -0.2) is 4.79 Å². The Morgan fingerprint density at radius 1 is 1.35 bits per heavy atom. The molecule has 1 saturated heterocycles. The van der Waals surface area contributed by atoms with Crippen molar-refractivity contribution in [1.82, 2.24) is 0 Å². The maximum absolute atomic E-state index is 11.9. The Morgan fingerprint density at radius 2 is 2.09 bits per heavy atom. The Bertz CT molecular complexity index is 700. The van der Waals surface area contributed by atoms with Gasteiger partial charge in [-0.05, 0) is 37.8 Å². The first-order chi connectivity index (χ1) is 11.2. The van der Waals surface area contributed by atoms with Gasteiger partial charge < -0.3 is 19.2 Å². The average Bonchev–Trinajstić information content (AvgIpc) is 3.03. The maximum Gasteiger partial charge on any atom is 0.336 e. The molecule has 3 rings (SSSR count). The Balaban J connectivity index is 2.16. The number of carboxylic acids is 1. The first-order valence-electron chi connectivity index (χ1n) is 8.28. The van der Waals surface area contributed by atoms with Gasteiger partial charge in [-0.15, -0.1) is 0 Å². The van der Waals surface area contributed by atoms with Crippen LogP contribution in [0.2, 0.25) is 0 Å². The molecular weight excluding hydrogens is 294 g/mol. The van der Waals surface area contributed by atoms with Gasteiger partial charge in [-0.1, -0.05) is 6.92 Å². The average molecular weight is 317 g/mol. The van der Waals surface area contributed by atoms with Crippen molar-refractivity contribution in [3.05, 3.63) is 29.5 Å². The number of carbonyl (C=O) groups is 1. The molecule has 0 atom stereocenters. The minimum Gasteiger partial charge on any atom is -0.478 e. The number of furan rings is 1. The molecule has 0 unspecified atom stereocenters. The van der Waals surface area contributed by atoms with Crippen molar-refractivity contribution in [3.8, 4) is 0 Å². The molecule has 1 aromatic heterocycles. The van der Waals surface area contributed by atoms with Gasteiger partial charge in [-0.2, -0.15) is 0 Å². The molecule has 0 bridgehead atoms. The van der Waals surface area contributed by atoms with Crippen LogP contribution in [0.4, 0.5) is 5.69 Å². The van der Waals surface area contributed by atoms with E-state index in [0.717, 1.165) is 43.9 Å². The van der Waals surface area contributed by atoms with Gasteiger partial charge in [0.2, 0.25) is 0 Å². The minimum absolute atomic E-state index is 0.374. The zero-order chi connectivity index (χ0) is 16.4. The highest BCUT2D eigenvalue weighted by atomic mass is 16.5. The van der Waals surface area contributed by atoms with Gasteiger partial charge in [0.15, 0.2) is 0 Å². The van der Waals surface area contributed by atoms with E-state index in [9.17, 15) is 9.90 Å². The predicted octanol–water partition coefficient (Wildman–Crippen LogP) is 3.70. The van der Waals surface area contributed by atoms with Gasteiger partial charge in [0.05, 0.1) is 11.8 Å². The molecule has 0 radical (unpaired) electrons. The quantitative estimate of drug-likeness (QED) is 0.911. The standard InChI is InChI=1S/C18H23NO4/c1-3-13-15(19(4-2)12-5-8-22-9-6-12)11-16-14(7-10-23-16)17(13)18(20)21/h7,10-12H,3-6,8-9H2,1-2H3,(H,20,21). The number of fused-ring (bicyclic) bond motifs is 1. The molecule has 124 valence electrons. The van der Waals surface area contributed by atoms with E-state index in [2.05, 4.69) is 11.8 Å². The largest absolute Gasteiger partial charge is 0.478 e. The molecule has 5 heteroatoms. The molecule has 1 aliphatic heterocycles. The predicted molar refractivity (Wildman–Crippen MR) is 89.4 cm³/mol. The summed E-state index contributed by atoms with van der Waals surface area (Å²) in [6.45, 7) is 6.48. The van der Waals surface area contributed by atoms with E-state index in [1.165, 1.54) is 0 Å². The summed E-state index contributed by atoms with van der Waals surface area (Å²) < 4.78 is 11.0. The number of carboxylic acid groups (broad SMARTS) is 1. The second-order valence-electron chi connectivity index (χ2n) is 5.87.